The van der Waals surface area contributed by atoms with Crippen LogP contribution in [0.5, 0.6) is 5.75 Å². The summed E-state index contributed by atoms with van der Waals surface area (Å²) in [7, 11) is 0. The molecule has 1 aliphatic rings. The van der Waals surface area contributed by atoms with Gasteiger partial charge < -0.3 is 30.4 Å². The summed E-state index contributed by atoms with van der Waals surface area (Å²) < 4.78 is 44.4. The molecule has 1 aliphatic heterocycles. The maximum atomic E-state index is 13.8. The molecule has 4 rings (SSSR count). The number of alkyl halides is 3. The highest BCUT2D eigenvalue weighted by Crippen LogP contribution is 2.31. The first-order chi connectivity index (χ1) is 25.8. The van der Waals surface area contributed by atoms with E-state index < -0.39 is 64.8 Å². The number of rotatable bonds is 16. The minimum Gasteiger partial charge on any atom is -0.506 e. The molecule has 3 atom stereocenters. The highest BCUT2D eigenvalue weighted by atomic mass is 19.4. The van der Waals surface area contributed by atoms with Crippen molar-refractivity contribution in [3.8, 4) is 17.2 Å². The second-order valence-electron chi connectivity index (χ2n) is 15.0. The van der Waals surface area contributed by atoms with Crippen LogP contribution < -0.4 is 16.0 Å². The summed E-state index contributed by atoms with van der Waals surface area (Å²) in [5.74, 6) is -3.79. The number of aromatic nitrogens is 3. The van der Waals surface area contributed by atoms with Crippen molar-refractivity contribution in [3.63, 3.8) is 0 Å². The topological polar surface area (TPSA) is 197 Å². The Bertz CT molecular complexity index is 1830. The Morgan fingerprint density at radius 2 is 1.60 bits per heavy atom. The zero-order chi connectivity index (χ0) is 40.7. The number of carbonyl (C=O) groups is 5. The first-order valence-electron chi connectivity index (χ1n) is 18.2. The summed E-state index contributed by atoms with van der Waals surface area (Å²) in [6.45, 7) is 11.0. The molecule has 0 spiro atoms. The molecule has 0 radical (unpaired) electrons. The van der Waals surface area contributed by atoms with Gasteiger partial charge in [0.15, 0.2) is 0 Å². The summed E-state index contributed by atoms with van der Waals surface area (Å²) in [6, 6.07) is 3.88. The van der Waals surface area contributed by atoms with Crippen LogP contribution in [0.1, 0.15) is 107 Å². The van der Waals surface area contributed by atoms with Crippen LogP contribution in [0.15, 0.2) is 47.0 Å². The van der Waals surface area contributed by atoms with Gasteiger partial charge in [-0.1, -0.05) is 34.1 Å². The zero-order valence-corrected chi connectivity index (χ0v) is 31.7. The fourth-order valence-corrected chi connectivity index (χ4v) is 6.21. The highest BCUT2D eigenvalue weighted by molar-refractivity contribution is 6.00. The number of benzene rings is 1. The average molecular weight is 772 g/mol. The summed E-state index contributed by atoms with van der Waals surface area (Å²) in [5.41, 5.74) is -1.12. The molecular formula is C38H48F3N7O7. The number of ketones is 1. The van der Waals surface area contributed by atoms with Crippen LogP contribution in [-0.4, -0.2) is 84.8 Å². The van der Waals surface area contributed by atoms with E-state index in [4.69, 9.17) is 4.42 Å². The Kier molecular flexibility index (Phi) is 13.8. The number of aromatic hydroxyl groups is 1. The van der Waals surface area contributed by atoms with Gasteiger partial charge in [0.25, 0.3) is 11.8 Å². The van der Waals surface area contributed by atoms with Crippen LogP contribution in [0.25, 0.3) is 11.5 Å². The Morgan fingerprint density at radius 3 is 2.20 bits per heavy atom. The molecule has 0 saturated carbocycles. The summed E-state index contributed by atoms with van der Waals surface area (Å²) >= 11 is 0. The molecule has 3 heterocycles. The molecule has 0 aliphatic carbocycles. The number of amides is 4. The van der Waals surface area contributed by atoms with Gasteiger partial charge in [-0.25, -0.2) is 4.98 Å². The van der Waals surface area contributed by atoms with E-state index in [0.29, 0.717) is 32.1 Å². The highest BCUT2D eigenvalue weighted by Gasteiger charge is 2.41. The molecule has 14 nitrogen and oxygen atoms in total. The Balaban J connectivity index is 1.32. The van der Waals surface area contributed by atoms with E-state index in [1.54, 1.807) is 27.7 Å². The van der Waals surface area contributed by atoms with Gasteiger partial charge in [0.1, 0.15) is 23.5 Å². The molecule has 3 aromatic rings. The minimum atomic E-state index is -4.53. The number of carbonyl (C=O) groups excluding carboxylic acids is 5. The molecular weight excluding hydrogens is 723 g/mol. The Hall–Kier alpha value is -5.35. The maximum Gasteiger partial charge on any atom is 0.416 e. The van der Waals surface area contributed by atoms with Gasteiger partial charge in [-0.3, -0.25) is 24.0 Å². The molecule has 1 fully saturated rings. The summed E-state index contributed by atoms with van der Waals surface area (Å²) in [4.78, 5) is 71.9. The Morgan fingerprint density at radius 1 is 0.927 bits per heavy atom. The van der Waals surface area contributed by atoms with Crippen LogP contribution in [0.2, 0.25) is 0 Å². The van der Waals surface area contributed by atoms with E-state index in [9.17, 15) is 42.3 Å². The van der Waals surface area contributed by atoms with Crippen molar-refractivity contribution in [2.75, 3.05) is 6.54 Å². The number of likely N-dealkylation sites (tertiary alicyclic amines) is 1. The predicted molar refractivity (Wildman–Crippen MR) is 193 cm³/mol. The molecule has 2 aromatic heterocycles. The van der Waals surface area contributed by atoms with E-state index in [1.807, 2.05) is 13.8 Å². The maximum absolute atomic E-state index is 13.8. The van der Waals surface area contributed by atoms with Crippen LogP contribution in [-0.2, 0) is 20.6 Å². The number of unbranched alkanes of at least 4 members (excludes halogenated alkanes) is 1. The van der Waals surface area contributed by atoms with Crippen molar-refractivity contribution < 1.29 is 46.7 Å². The van der Waals surface area contributed by atoms with Crippen molar-refractivity contribution in [3.05, 3.63) is 59.7 Å². The molecule has 298 valence electrons. The van der Waals surface area contributed by atoms with Gasteiger partial charge in [-0.15, -0.1) is 10.2 Å². The van der Waals surface area contributed by atoms with Gasteiger partial charge >= 0.3 is 6.18 Å². The quantitative estimate of drug-likeness (QED) is 0.113. The second-order valence-corrected chi connectivity index (χ2v) is 15.0. The third kappa shape index (κ3) is 11.3. The van der Waals surface area contributed by atoms with Crippen LogP contribution in [0, 0.1) is 11.8 Å². The molecule has 1 saturated heterocycles. The lowest BCUT2D eigenvalue weighted by atomic mass is 9.96. The zero-order valence-electron chi connectivity index (χ0n) is 31.7. The first kappa shape index (κ1) is 42.4. The van der Waals surface area contributed by atoms with E-state index >= 15 is 0 Å². The van der Waals surface area contributed by atoms with Crippen molar-refractivity contribution in [2.24, 2.45) is 11.8 Å². The molecule has 55 heavy (non-hydrogen) atoms. The molecule has 0 bridgehead atoms. The third-order valence-corrected chi connectivity index (χ3v) is 9.32. The largest absolute Gasteiger partial charge is 0.506 e. The lowest BCUT2D eigenvalue weighted by molar-refractivity contribution is -0.142. The van der Waals surface area contributed by atoms with Crippen molar-refractivity contribution >= 4 is 29.4 Å². The normalized spacial score (nSPS) is 15.8. The standard InChI is InChI=1S/C38H48F3N7O7/c1-21(2)29(31(51)35-47-46-34(55-35)23-12-14-24(15-13-23)38(39,40)41)44-33(53)27-10-9-19-48(27)36(54)30(22(3)4)43-28(50)11-7-8-18-37(5,6)45-32(52)26-17-16-25(49)20-42-26/h12-17,20-22,27,29-30,49H,7-11,18-19H2,1-6H3,(H,43,50)(H,44,53)(H,45,52)/t27-,29-,30-/m0/s1. The molecule has 4 N–H and O–H groups in total. The third-order valence-electron chi connectivity index (χ3n) is 9.32. The van der Waals surface area contributed by atoms with E-state index in [1.165, 1.54) is 23.2 Å². The summed E-state index contributed by atoms with van der Waals surface area (Å²) in [5, 5.41) is 25.5. The van der Waals surface area contributed by atoms with Crippen molar-refractivity contribution in [2.45, 2.75) is 110 Å². The van der Waals surface area contributed by atoms with Gasteiger partial charge in [-0.2, -0.15) is 13.2 Å². The molecule has 17 heteroatoms. The van der Waals surface area contributed by atoms with Crippen LogP contribution in [0.4, 0.5) is 13.2 Å². The van der Waals surface area contributed by atoms with Gasteiger partial charge in [0, 0.05) is 24.1 Å². The van der Waals surface area contributed by atoms with Gasteiger partial charge in [0.2, 0.25) is 29.4 Å². The smallest absolute Gasteiger partial charge is 0.416 e. The number of halogens is 3. The molecule has 4 amide bonds. The van der Waals surface area contributed by atoms with Crippen molar-refractivity contribution in [1.82, 2.24) is 36.0 Å². The fourth-order valence-electron chi connectivity index (χ4n) is 6.21. The second kappa shape index (κ2) is 17.9. The van der Waals surface area contributed by atoms with Crippen LogP contribution >= 0.6 is 0 Å². The van der Waals surface area contributed by atoms with E-state index in [2.05, 4.69) is 31.1 Å². The van der Waals surface area contributed by atoms with Gasteiger partial charge in [-0.05, 0) is 87.8 Å². The SMILES string of the molecule is CC(C)[C@H](NC(=O)[C@@H]1CCCN1C(=O)[C@@H](NC(=O)CCCCC(C)(C)NC(=O)c1ccc(O)cn1)C(C)C)C(=O)c1nnc(-c2ccc(C(F)(F)F)cc2)o1. The number of nitrogens with zero attached hydrogens (tertiary/aromatic N) is 4. The number of Topliss-reactive ketones (excluding diaryl/α,β-unsaturated/α-hetero) is 1. The average Bonchev–Trinajstić information content (AvgIpc) is 3.82. The molecule has 1 aromatic carbocycles. The van der Waals surface area contributed by atoms with Crippen LogP contribution in [0.3, 0.4) is 0 Å². The summed E-state index contributed by atoms with van der Waals surface area (Å²) in [6.07, 6.45) is -0.680. The first-order valence-corrected chi connectivity index (χ1v) is 18.2. The predicted octanol–water partition coefficient (Wildman–Crippen LogP) is 5.08. The van der Waals surface area contributed by atoms with E-state index in [-0.39, 0.29) is 53.6 Å². The van der Waals surface area contributed by atoms with Crippen molar-refractivity contribution in [1.29, 1.82) is 0 Å². The minimum absolute atomic E-state index is 0.0480. The number of hydrogen-bond donors (Lipinski definition) is 4. The number of nitrogens with one attached hydrogen (secondary N) is 3. The molecule has 0 unspecified atom stereocenters. The fraction of sp³-hybridized carbons (Fsp3) is 0.526. The number of hydrogen-bond acceptors (Lipinski definition) is 10. The lowest BCUT2D eigenvalue weighted by Crippen LogP contribution is -2.57. The Labute approximate surface area is 317 Å². The number of pyridine rings is 1. The lowest BCUT2D eigenvalue weighted by Gasteiger charge is -2.31. The van der Waals surface area contributed by atoms with Gasteiger partial charge in [0.05, 0.1) is 17.8 Å². The van der Waals surface area contributed by atoms with E-state index in [0.717, 1.165) is 24.3 Å². The monoisotopic (exact) mass is 771 g/mol.